The summed E-state index contributed by atoms with van der Waals surface area (Å²) < 4.78 is 5.59. The first-order chi connectivity index (χ1) is 10.1. The Hall–Kier alpha value is -0.970. The van der Waals surface area contributed by atoms with Crippen LogP contribution in [0, 0.1) is 0 Å². The minimum atomic E-state index is 0. The van der Waals surface area contributed by atoms with Gasteiger partial charge in [-0.15, -0.1) is 12.4 Å². The lowest BCUT2D eigenvalue weighted by molar-refractivity contribution is -0.130. The molecule has 1 fully saturated rings. The van der Waals surface area contributed by atoms with Gasteiger partial charge in [0.15, 0.2) is 0 Å². The van der Waals surface area contributed by atoms with Crippen molar-refractivity contribution in [1.82, 2.24) is 10.2 Å². The summed E-state index contributed by atoms with van der Waals surface area (Å²) in [4.78, 5) is 13.8. The average molecular weight is 347 g/mol. The fourth-order valence-corrected chi connectivity index (χ4v) is 2.57. The predicted molar refractivity (Wildman–Crippen MR) is 92.1 cm³/mol. The van der Waals surface area contributed by atoms with Crippen LogP contribution in [0.1, 0.15) is 25.7 Å². The van der Waals surface area contributed by atoms with Gasteiger partial charge < -0.3 is 15.0 Å². The second kappa shape index (κ2) is 9.93. The topological polar surface area (TPSA) is 41.6 Å². The molecule has 1 heterocycles. The molecule has 1 aliphatic heterocycles. The third-order valence-corrected chi connectivity index (χ3v) is 4.06. The van der Waals surface area contributed by atoms with E-state index in [2.05, 4.69) is 5.32 Å². The molecule has 1 N–H and O–H groups in total. The van der Waals surface area contributed by atoms with Crippen molar-refractivity contribution >= 4 is 29.9 Å². The van der Waals surface area contributed by atoms with Crippen LogP contribution in [0.5, 0.6) is 5.75 Å². The highest BCUT2D eigenvalue weighted by Crippen LogP contribution is 2.15. The average Bonchev–Trinajstić information content (AvgIpc) is 3.00. The number of carbonyl (C=O) groups excluding carboxylic acids is 1. The number of nitrogens with one attached hydrogen (secondary N) is 1. The van der Waals surface area contributed by atoms with Gasteiger partial charge in [0, 0.05) is 24.5 Å². The summed E-state index contributed by atoms with van der Waals surface area (Å²) in [6.07, 6.45) is 3.95. The van der Waals surface area contributed by atoms with Crippen LogP contribution in [0.2, 0.25) is 5.02 Å². The Morgan fingerprint density at radius 2 is 2.14 bits per heavy atom. The van der Waals surface area contributed by atoms with E-state index in [0.29, 0.717) is 30.6 Å². The zero-order chi connectivity index (χ0) is 15.1. The maximum Gasteiger partial charge on any atom is 0.222 e. The summed E-state index contributed by atoms with van der Waals surface area (Å²) in [6, 6.07) is 7.76. The third-order valence-electron chi connectivity index (χ3n) is 3.80. The summed E-state index contributed by atoms with van der Waals surface area (Å²) >= 11 is 5.81. The van der Waals surface area contributed by atoms with Crippen LogP contribution in [-0.4, -0.2) is 43.6 Å². The molecular weight excluding hydrogens is 323 g/mol. The van der Waals surface area contributed by atoms with E-state index in [1.807, 2.05) is 19.2 Å². The molecular formula is C16H24Cl2N2O2. The van der Waals surface area contributed by atoms with Crippen molar-refractivity contribution in [2.75, 3.05) is 26.7 Å². The molecule has 22 heavy (non-hydrogen) atoms. The number of benzene rings is 1. The molecule has 0 bridgehead atoms. The van der Waals surface area contributed by atoms with Crippen molar-refractivity contribution in [3.63, 3.8) is 0 Å². The predicted octanol–water partition coefficient (Wildman–Crippen LogP) is 3.13. The first-order valence-electron chi connectivity index (χ1n) is 7.51. The Balaban J connectivity index is 0.00000242. The number of hydrogen-bond acceptors (Lipinski definition) is 3. The van der Waals surface area contributed by atoms with Crippen LogP contribution < -0.4 is 10.1 Å². The maximum absolute atomic E-state index is 12.0. The zero-order valence-electron chi connectivity index (χ0n) is 12.9. The van der Waals surface area contributed by atoms with E-state index in [0.717, 1.165) is 18.7 Å². The molecule has 0 aromatic heterocycles. The Kier molecular flexibility index (Phi) is 8.61. The number of nitrogens with zero attached hydrogens (tertiary/aromatic N) is 1. The first kappa shape index (κ1) is 19.1. The number of hydrogen-bond donors (Lipinski definition) is 1. The summed E-state index contributed by atoms with van der Waals surface area (Å²) in [5.74, 6) is 0.957. The lowest BCUT2D eigenvalue weighted by atomic mass is 10.1. The van der Waals surface area contributed by atoms with Gasteiger partial charge in [-0.1, -0.05) is 11.6 Å². The van der Waals surface area contributed by atoms with Gasteiger partial charge in [-0.2, -0.15) is 0 Å². The fourth-order valence-electron chi connectivity index (χ4n) is 2.45. The van der Waals surface area contributed by atoms with E-state index in [-0.39, 0.29) is 18.3 Å². The molecule has 1 saturated heterocycles. The van der Waals surface area contributed by atoms with Crippen LogP contribution in [0.25, 0.3) is 0 Å². The van der Waals surface area contributed by atoms with E-state index in [1.54, 1.807) is 17.0 Å². The SMILES string of the molecule is CN(CCOc1ccc(Cl)cc1)C(=O)CCC1CCCN1.Cl. The molecule has 2 rings (SSSR count). The van der Waals surface area contributed by atoms with Crippen LogP contribution in [0.15, 0.2) is 24.3 Å². The lowest BCUT2D eigenvalue weighted by Gasteiger charge is -2.18. The van der Waals surface area contributed by atoms with Gasteiger partial charge in [0.25, 0.3) is 0 Å². The molecule has 1 aliphatic rings. The molecule has 1 atom stereocenters. The van der Waals surface area contributed by atoms with Gasteiger partial charge in [0.1, 0.15) is 12.4 Å². The third kappa shape index (κ3) is 6.42. The minimum absolute atomic E-state index is 0. The van der Waals surface area contributed by atoms with Gasteiger partial charge in [-0.3, -0.25) is 4.79 Å². The van der Waals surface area contributed by atoms with Crippen LogP contribution in [0.4, 0.5) is 0 Å². The van der Waals surface area contributed by atoms with E-state index in [4.69, 9.17) is 16.3 Å². The second-order valence-corrected chi connectivity index (χ2v) is 5.89. The van der Waals surface area contributed by atoms with Gasteiger partial charge in [0.05, 0.1) is 6.54 Å². The highest BCUT2D eigenvalue weighted by Gasteiger charge is 2.16. The van der Waals surface area contributed by atoms with Crippen LogP contribution in [-0.2, 0) is 4.79 Å². The van der Waals surface area contributed by atoms with E-state index < -0.39 is 0 Å². The summed E-state index contributed by atoms with van der Waals surface area (Å²) in [6.45, 7) is 2.18. The lowest BCUT2D eigenvalue weighted by Crippen LogP contribution is -2.32. The molecule has 0 radical (unpaired) electrons. The number of halogens is 2. The highest BCUT2D eigenvalue weighted by atomic mass is 35.5. The smallest absolute Gasteiger partial charge is 0.222 e. The molecule has 1 amide bonds. The van der Waals surface area contributed by atoms with Crippen molar-refractivity contribution in [2.24, 2.45) is 0 Å². The first-order valence-corrected chi connectivity index (χ1v) is 7.88. The minimum Gasteiger partial charge on any atom is -0.492 e. The van der Waals surface area contributed by atoms with Crippen LogP contribution in [0.3, 0.4) is 0 Å². The normalized spacial score (nSPS) is 16.9. The monoisotopic (exact) mass is 346 g/mol. The van der Waals surface area contributed by atoms with Crippen molar-refractivity contribution in [3.05, 3.63) is 29.3 Å². The molecule has 0 aliphatic carbocycles. The van der Waals surface area contributed by atoms with Gasteiger partial charge >= 0.3 is 0 Å². The van der Waals surface area contributed by atoms with Crippen molar-refractivity contribution in [1.29, 1.82) is 0 Å². The zero-order valence-corrected chi connectivity index (χ0v) is 14.5. The number of rotatable bonds is 7. The van der Waals surface area contributed by atoms with Crippen molar-refractivity contribution in [2.45, 2.75) is 31.7 Å². The standard InChI is InChI=1S/C16H23ClN2O2.ClH/c1-19(16(20)9-6-14-3-2-10-18-14)11-12-21-15-7-4-13(17)5-8-15;/h4-5,7-8,14,18H,2-3,6,9-12H2,1H3;1H. The van der Waals surface area contributed by atoms with Crippen molar-refractivity contribution in [3.8, 4) is 5.75 Å². The second-order valence-electron chi connectivity index (χ2n) is 5.45. The van der Waals surface area contributed by atoms with Gasteiger partial charge in [-0.05, 0) is 50.1 Å². The van der Waals surface area contributed by atoms with Gasteiger partial charge in [-0.25, -0.2) is 0 Å². The van der Waals surface area contributed by atoms with Gasteiger partial charge in [0.2, 0.25) is 5.91 Å². The maximum atomic E-state index is 12.0. The molecule has 4 nitrogen and oxygen atoms in total. The highest BCUT2D eigenvalue weighted by molar-refractivity contribution is 6.30. The van der Waals surface area contributed by atoms with E-state index >= 15 is 0 Å². The molecule has 6 heteroatoms. The summed E-state index contributed by atoms with van der Waals surface area (Å²) in [5.41, 5.74) is 0. The number of carbonyl (C=O) groups is 1. The largest absolute Gasteiger partial charge is 0.492 e. The van der Waals surface area contributed by atoms with E-state index in [1.165, 1.54) is 12.8 Å². The molecule has 0 saturated carbocycles. The quantitative estimate of drug-likeness (QED) is 0.824. The van der Waals surface area contributed by atoms with Crippen molar-refractivity contribution < 1.29 is 9.53 Å². The Morgan fingerprint density at radius 1 is 1.41 bits per heavy atom. The Labute approximate surface area is 143 Å². The fraction of sp³-hybridized carbons (Fsp3) is 0.562. The Morgan fingerprint density at radius 3 is 2.77 bits per heavy atom. The molecule has 1 aromatic carbocycles. The molecule has 124 valence electrons. The summed E-state index contributed by atoms with van der Waals surface area (Å²) in [7, 11) is 1.83. The number of ether oxygens (including phenoxy) is 1. The number of amides is 1. The number of likely N-dealkylation sites (N-methyl/N-ethyl adjacent to an activating group) is 1. The summed E-state index contributed by atoms with van der Waals surface area (Å²) in [5, 5.41) is 4.10. The molecule has 1 aromatic rings. The van der Waals surface area contributed by atoms with E-state index in [9.17, 15) is 4.79 Å². The molecule has 1 unspecified atom stereocenters. The Bertz CT molecular complexity index is 448. The van der Waals surface area contributed by atoms with Crippen LogP contribution >= 0.6 is 24.0 Å². The molecule has 0 spiro atoms.